The zero-order valence-electron chi connectivity index (χ0n) is 9.84. The Morgan fingerprint density at radius 1 is 1.29 bits per heavy atom. The molecular formula is C13H15N3O. The van der Waals surface area contributed by atoms with Crippen LogP contribution >= 0.6 is 0 Å². The quantitative estimate of drug-likeness (QED) is 0.781. The van der Waals surface area contributed by atoms with Gasteiger partial charge in [-0.15, -0.1) is 0 Å². The standard InChI is InChI=1S/C13H15N3O/c1-16-9-8-15-13(16)3-2-12(17)10-11-4-6-14-7-5-11/h4-9H,2-3,10H2,1H3. The lowest BCUT2D eigenvalue weighted by Gasteiger charge is -2.02. The first kappa shape index (κ1) is 11.5. The number of hydrogen-bond acceptors (Lipinski definition) is 3. The van der Waals surface area contributed by atoms with Crippen LogP contribution in [0.2, 0.25) is 0 Å². The van der Waals surface area contributed by atoms with E-state index in [1.165, 1.54) is 0 Å². The summed E-state index contributed by atoms with van der Waals surface area (Å²) >= 11 is 0. The van der Waals surface area contributed by atoms with Gasteiger partial charge in [0.05, 0.1) is 0 Å². The third kappa shape index (κ3) is 3.24. The van der Waals surface area contributed by atoms with Crippen LogP contribution in [0.1, 0.15) is 17.8 Å². The molecule has 0 saturated carbocycles. The van der Waals surface area contributed by atoms with E-state index in [-0.39, 0.29) is 5.78 Å². The van der Waals surface area contributed by atoms with E-state index in [0.29, 0.717) is 19.3 Å². The van der Waals surface area contributed by atoms with E-state index in [4.69, 9.17) is 0 Å². The summed E-state index contributed by atoms with van der Waals surface area (Å²) < 4.78 is 1.94. The van der Waals surface area contributed by atoms with Crippen LogP contribution in [0.4, 0.5) is 0 Å². The maximum atomic E-state index is 11.8. The number of pyridine rings is 1. The van der Waals surface area contributed by atoms with E-state index < -0.39 is 0 Å². The fourth-order valence-electron chi connectivity index (χ4n) is 1.71. The van der Waals surface area contributed by atoms with E-state index in [1.54, 1.807) is 18.6 Å². The second-order valence-electron chi connectivity index (χ2n) is 4.03. The van der Waals surface area contributed by atoms with E-state index in [2.05, 4.69) is 9.97 Å². The molecule has 88 valence electrons. The zero-order chi connectivity index (χ0) is 12.1. The maximum absolute atomic E-state index is 11.8. The normalized spacial score (nSPS) is 10.4. The van der Waals surface area contributed by atoms with Gasteiger partial charge in [-0.1, -0.05) is 0 Å². The Hall–Kier alpha value is -1.97. The highest BCUT2D eigenvalue weighted by Crippen LogP contribution is 2.04. The predicted octanol–water partition coefficient (Wildman–Crippen LogP) is 1.56. The highest BCUT2D eigenvalue weighted by Gasteiger charge is 2.06. The van der Waals surface area contributed by atoms with Crippen molar-refractivity contribution in [3.8, 4) is 0 Å². The first-order valence-corrected chi connectivity index (χ1v) is 5.62. The molecule has 0 amide bonds. The Kier molecular flexibility index (Phi) is 3.65. The van der Waals surface area contributed by atoms with Crippen molar-refractivity contribution in [1.82, 2.24) is 14.5 Å². The lowest BCUT2D eigenvalue weighted by Crippen LogP contribution is -2.06. The van der Waals surface area contributed by atoms with Gasteiger partial charge < -0.3 is 4.57 Å². The molecule has 0 bridgehead atoms. The maximum Gasteiger partial charge on any atom is 0.137 e. The molecule has 0 unspecified atom stereocenters. The van der Waals surface area contributed by atoms with Gasteiger partial charge >= 0.3 is 0 Å². The van der Waals surface area contributed by atoms with Gasteiger partial charge in [0.2, 0.25) is 0 Å². The van der Waals surface area contributed by atoms with Crippen molar-refractivity contribution in [1.29, 1.82) is 0 Å². The number of carbonyl (C=O) groups is 1. The molecule has 2 rings (SSSR count). The lowest BCUT2D eigenvalue weighted by molar-refractivity contribution is -0.118. The van der Waals surface area contributed by atoms with Crippen LogP contribution in [0, 0.1) is 0 Å². The third-order valence-electron chi connectivity index (χ3n) is 2.70. The summed E-state index contributed by atoms with van der Waals surface area (Å²) in [5, 5.41) is 0. The van der Waals surface area contributed by atoms with Gasteiger partial charge in [-0.3, -0.25) is 9.78 Å². The van der Waals surface area contributed by atoms with Gasteiger partial charge in [0.15, 0.2) is 0 Å². The second-order valence-corrected chi connectivity index (χ2v) is 4.03. The number of aromatic nitrogens is 3. The van der Waals surface area contributed by atoms with Crippen LogP contribution in [0.3, 0.4) is 0 Å². The van der Waals surface area contributed by atoms with Crippen molar-refractivity contribution in [2.24, 2.45) is 7.05 Å². The molecule has 2 aromatic heterocycles. The van der Waals surface area contributed by atoms with Crippen molar-refractivity contribution in [3.63, 3.8) is 0 Å². The Bertz CT molecular complexity index is 490. The molecule has 0 aliphatic carbocycles. The van der Waals surface area contributed by atoms with Gasteiger partial charge in [-0.05, 0) is 17.7 Å². The molecule has 0 aliphatic heterocycles. The molecule has 17 heavy (non-hydrogen) atoms. The smallest absolute Gasteiger partial charge is 0.137 e. The van der Waals surface area contributed by atoms with Crippen molar-refractivity contribution < 1.29 is 4.79 Å². The number of nitrogens with zero attached hydrogens (tertiary/aromatic N) is 3. The van der Waals surface area contributed by atoms with Crippen LogP contribution < -0.4 is 0 Å². The minimum atomic E-state index is 0.235. The molecule has 0 atom stereocenters. The SMILES string of the molecule is Cn1ccnc1CCC(=O)Cc1ccncc1. The molecule has 0 N–H and O–H groups in total. The number of ketones is 1. The molecule has 0 fully saturated rings. The van der Waals surface area contributed by atoms with Crippen LogP contribution in [0.15, 0.2) is 36.9 Å². The number of hydrogen-bond donors (Lipinski definition) is 0. The minimum Gasteiger partial charge on any atom is -0.338 e. The minimum absolute atomic E-state index is 0.235. The fraction of sp³-hybridized carbons (Fsp3) is 0.308. The first-order valence-electron chi connectivity index (χ1n) is 5.62. The summed E-state index contributed by atoms with van der Waals surface area (Å²) in [6.07, 6.45) is 8.78. The number of aryl methyl sites for hydroxylation is 2. The molecule has 0 radical (unpaired) electrons. The number of Topliss-reactive ketones (excluding diaryl/α,β-unsaturated/α-hetero) is 1. The van der Waals surface area contributed by atoms with Gasteiger partial charge in [0.1, 0.15) is 11.6 Å². The number of carbonyl (C=O) groups excluding carboxylic acids is 1. The number of rotatable bonds is 5. The summed E-state index contributed by atoms with van der Waals surface area (Å²) in [5.74, 6) is 1.19. The molecule has 0 saturated heterocycles. The monoisotopic (exact) mass is 229 g/mol. The predicted molar refractivity (Wildman–Crippen MR) is 64.5 cm³/mol. The van der Waals surface area contributed by atoms with E-state index >= 15 is 0 Å². The average Bonchev–Trinajstić information content (AvgIpc) is 2.74. The van der Waals surface area contributed by atoms with Crippen LogP contribution in [-0.2, 0) is 24.7 Å². The van der Waals surface area contributed by atoms with E-state index in [1.807, 2.05) is 29.9 Å². The summed E-state index contributed by atoms with van der Waals surface area (Å²) in [6.45, 7) is 0. The van der Waals surface area contributed by atoms with Gasteiger partial charge in [-0.2, -0.15) is 0 Å². The van der Waals surface area contributed by atoms with Crippen LogP contribution in [0.5, 0.6) is 0 Å². The van der Waals surface area contributed by atoms with Crippen molar-refractivity contribution >= 4 is 5.78 Å². The van der Waals surface area contributed by atoms with Crippen molar-refractivity contribution in [2.45, 2.75) is 19.3 Å². The van der Waals surface area contributed by atoms with Crippen molar-refractivity contribution in [3.05, 3.63) is 48.3 Å². The van der Waals surface area contributed by atoms with Gasteiger partial charge in [0.25, 0.3) is 0 Å². The van der Waals surface area contributed by atoms with E-state index in [9.17, 15) is 4.79 Å². The van der Waals surface area contributed by atoms with Crippen molar-refractivity contribution in [2.75, 3.05) is 0 Å². The van der Waals surface area contributed by atoms with Gasteiger partial charge in [-0.25, -0.2) is 4.98 Å². The lowest BCUT2D eigenvalue weighted by atomic mass is 10.1. The van der Waals surface area contributed by atoms with Gasteiger partial charge in [0, 0.05) is 51.1 Å². The number of imidazole rings is 1. The summed E-state index contributed by atoms with van der Waals surface area (Å²) in [5.41, 5.74) is 1.02. The molecule has 0 aliphatic rings. The molecule has 2 heterocycles. The summed E-state index contributed by atoms with van der Waals surface area (Å²) in [4.78, 5) is 19.9. The highest BCUT2D eigenvalue weighted by atomic mass is 16.1. The first-order chi connectivity index (χ1) is 8.25. The average molecular weight is 229 g/mol. The fourth-order valence-corrected chi connectivity index (χ4v) is 1.71. The van der Waals surface area contributed by atoms with Crippen LogP contribution in [0.25, 0.3) is 0 Å². The Morgan fingerprint density at radius 3 is 2.71 bits per heavy atom. The second kappa shape index (κ2) is 5.39. The third-order valence-corrected chi connectivity index (χ3v) is 2.70. The van der Waals surface area contributed by atoms with Crippen LogP contribution in [-0.4, -0.2) is 20.3 Å². The molecule has 4 nitrogen and oxygen atoms in total. The zero-order valence-corrected chi connectivity index (χ0v) is 9.84. The largest absolute Gasteiger partial charge is 0.338 e. The summed E-state index contributed by atoms with van der Waals surface area (Å²) in [7, 11) is 1.94. The Labute approximate surface area is 100 Å². The van der Waals surface area contributed by atoms with E-state index in [0.717, 1.165) is 11.4 Å². The summed E-state index contributed by atoms with van der Waals surface area (Å²) in [6, 6.07) is 3.75. The topological polar surface area (TPSA) is 47.8 Å². The molecular weight excluding hydrogens is 214 g/mol. The molecule has 0 aromatic carbocycles. The Balaban J connectivity index is 1.84. The highest BCUT2D eigenvalue weighted by molar-refractivity contribution is 5.80. The Morgan fingerprint density at radius 2 is 2.06 bits per heavy atom. The molecule has 0 spiro atoms. The molecule has 2 aromatic rings. The molecule has 4 heteroatoms.